The maximum Gasteiger partial charge on any atom is 0.338 e. The summed E-state index contributed by atoms with van der Waals surface area (Å²) in [4.78, 5) is 18.2. The van der Waals surface area contributed by atoms with Gasteiger partial charge in [-0.2, -0.15) is 0 Å². The quantitative estimate of drug-likeness (QED) is 0.782. The van der Waals surface area contributed by atoms with Gasteiger partial charge in [0.15, 0.2) is 10.4 Å². The molecule has 0 saturated heterocycles. The molecule has 5 nitrogen and oxygen atoms in total. The van der Waals surface area contributed by atoms with Crippen molar-refractivity contribution in [2.45, 2.75) is 18.9 Å². The number of imidazole rings is 1. The Labute approximate surface area is 95.7 Å². The van der Waals surface area contributed by atoms with Crippen LogP contribution in [0, 0.1) is 4.77 Å². The molecule has 6 heteroatoms. The molecule has 0 aliphatic heterocycles. The zero-order chi connectivity index (χ0) is 11.3. The number of pyridine rings is 1. The number of hydrogen-bond donors (Lipinski definition) is 2. The van der Waals surface area contributed by atoms with Gasteiger partial charge < -0.3 is 10.1 Å². The molecule has 82 valence electrons. The standard InChI is InChI=1S/C10H9N3O2S/c14-9(15)6-3-4-11-8-7(6)12-10(16)13(8)5-1-2-5/h3-5H,1-2H2,(H,12,16)(H,14,15). The zero-order valence-corrected chi connectivity index (χ0v) is 9.12. The summed E-state index contributed by atoms with van der Waals surface area (Å²) in [5.41, 5.74) is 1.38. The van der Waals surface area contributed by atoms with Crippen LogP contribution in [-0.4, -0.2) is 25.6 Å². The van der Waals surface area contributed by atoms with E-state index in [-0.39, 0.29) is 5.56 Å². The van der Waals surface area contributed by atoms with Crippen molar-refractivity contribution in [3.8, 4) is 0 Å². The van der Waals surface area contributed by atoms with Gasteiger partial charge in [0.2, 0.25) is 0 Å². The molecular weight excluding hydrogens is 226 g/mol. The number of nitrogens with one attached hydrogen (secondary N) is 1. The highest BCUT2D eigenvalue weighted by molar-refractivity contribution is 7.71. The number of carboxylic acids is 1. The first kappa shape index (κ1) is 9.53. The maximum absolute atomic E-state index is 11.0. The van der Waals surface area contributed by atoms with E-state index >= 15 is 0 Å². The van der Waals surface area contributed by atoms with E-state index < -0.39 is 5.97 Å². The summed E-state index contributed by atoms with van der Waals surface area (Å²) in [6.45, 7) is 0. The topological polar surface area (TPSA) is 70.9 Å². The molecule has 1 fully saturated rings. The Balaban J connectivity index is 2.38. The fraction of sp³-hybridized carbons (Fsp3) is 0.300. The highest BCUT2D eigenvalue weighted by Crippen LogP contribution is 2.37. The molecule has 0 bridgehead atoms. The van der Waals surface area contributed by atoms with E-state index in [1.807, 2.05) is 4.57 Å². The van der Waals surface area contributed by atoms with Gasteiger partial charge in [-0.25, -0.2) is 9.78 Å². The summed E-state index contributed by atoms with van der Waals surface area (Å²) in [5.74, 6) is -0.966. The predicted molar refractivity (Wildman–Crippen MR) is 60.1 cm³/mol. The van der Waals surface area contributed by atoms with E-state index in [1.54, 1.807) is 0 Å². The van der Waals surface area contributed by atoms with Crippen LogP contribution in [0.4, 0.5) is 0 Å². The Kier molecular flexibility index (Phi) is 1.88. The number of aromatic nitrogens is 3. The molecule has 1 saturated carbocycles. The number of carbonyl (C=O) groups is 1. The van der Waals surface area contributed by atoms with Crippen LogP contribution < -0.4 is 0 Å². The fourth-order valence-corrected chi connectivity index (χ4v) is 2.21. The Morgan fingerprint density at radius 2 is 2.38 bits per heavy atom. The lowest BCUT2D eigenvalue weighted by Gasteiger charge is -2.00. The van der Waals surface area contributed by atoms with E-state index in [4.69, 9.17) is 17.3 Å². The first-order chi connectivity index (χ1) is 7.68. The number of aromatic amines is 1. The van der Waals surface area contributed by atoms with Crippen LogP contribution in [0.15, 0.2) is 12.3 Å². The number of nitrogens with zero attached hydrogens (tertiary/aromatic N) is 2. The van der Waals surface area contributed by atoms with E-state index in [2.05, 4.69) is 9.97 Å². The number of fused-ring (bicyclic) bond motifs is 1. The molecule has 3 rings (SSSR count). The SMILES string of the molecule is O=C(O)c1ccnc2c1[nH]c(=S)n2C1CC1. The van der Waals surface area contributed by atoms with E-state index in [0.717, 1.165) is 12.8 Å². The third-order valence-corrected chi connectivity index (χ3v) is 3.05. The summed E-state index contributed by atoms with van der Waals surface area (Å²) < 4.78 is 2.47. The molecule has 16 heavy (non-hydrogen) atoms. The first-order valence-electron chi connectivity index (χ1n) is 5.01. The van der Waals surface area contributed by atoms with Crippen molar-refractivity contribution in [2.24, 2.45) is 0 Å². The minimum absolute atomic E-state index is 0.218. The lowest BCUT2D eigenvalue weighted by atomic mass is 10.2. The highest BCUT2D eigenvalue weighted by atomic mass is 32.1. The summed E-state index contributed by atoms with van der Waals surface area (Å²) in [5, 5.41) is 9.05. The third-order valence-electron chi connectivity index (χ3n) is 2.75. The van der Waals surface area contributed by atoms with Gasteiger partial charge in [-0.1, -0.05) is 0 Å². The molecule has 2 aromatic heterocycles. The Morgan fingerprint density at radius 3 is 3.00 bits per heavy atom. The first-order valence-corrected chi connectivity index (χ1v) is 5.42. The Morgan fingerprint density at radius 1 is 1.62 bits per heavy atom. The molecule has 0 radical (unpaired) electrons. The number of aromatic carboxylic acids is 1. The van der Waals surface area contributed by atoms with Crippen molar-refractivity contribution in [2.75, 3.05) is 0 Å². The molecule has 1 aliphatic rings. The molecule has 0 aromatic carbocycles. The van der Waals surface area contributed by atoms with Gasteiger partial charge in [0.05, 0.1) is 11.1 Å². The van der Waals surface area contributed by atoms with Crippen molar-refractivity contribution in [1.29, 1.82) is 0 Å². The summed E-state index contributed by atoms with van der Waals surface area (Å²) in [7, 11) is 0. The summed E-state index contributed by atoms with van der Waals surface area (Å²) in [6, 6.07) is 1.87. The minimum atomic E-state index is -0.966. The van der Waals surface area contributed by atoms with Crippen molar-refractivity contribution in [1.82, 2.24) is 14.5 Å². The van der Waals surface area contributed by atoms with Crippen LogP contribution in [-0.2, 0) is 0 Å². The van der Waals surface area contributed by atoms with Crippen molar-refractivity contribution in [3.05, 3.63) is 22.6 Å². The smallest absolute Gasteiger partial charge is 0.338 e. The zero-order valence-electron chi connectivity index (χ0n) is 8.30. The van der Waals surface area contributed by atoms with Gasteiger partial charge in [0.25, 0.3) is 0 Å². The third kappa shape index (κ3) is 1.26. The van der Waals surface area contributed by atoms with E-state index in [0.29, 0.717) is 22.0 Å². The summed E-state index contributed by atoms with van der Waals surface area (Å²) >= 11 is 5.19. The van der Waals surface area contributed by atoms with Gasteiger partial charge in [-0.3, -0.25) is 4.57 Å². The van der Waals surface area contributed by atoms with Gasteiger partial charge in [0.1, 0.15) is 0 Å². The molecule has 2 N–H and O–H groups in total. The lowest BCUT2D eigenvalue weighted by molar-refractivity contribution is 0.0698. The van der Waals surface area contributed by atoms with Gasteiger partial charge in [-0.05, 0) is 31.1 Å². The monoisotopic (exact) mass is 235 g/mol. The van der Waals surface area contributed by atoms with Crippen LogP contribution in [0.3, 0.4) is 0 Å². The van der Waals surface area contributed by atoms with E-state index in [9.17, 15) is 4.79 Å². The second-order valence-electron chi connectivity index (χ2n) is 3.89. The number of carboxylic acid groups (broad SMARTS) is 1. The molecule has 0 spiro atoms. The highest BCUT2D eigenvalue weighted by Gasteiger charge is 2.27. The van der Waals surface area contributed by atoms with Gasteiger partial charge >= 0.3 is 5.97 Å². The molecule has 2 aromatic rings. The van der Waals surface area contributed by atoms with Crippen molar-refractivity contribution >= 4 is 29.4 Å². The van der Waals surface area contributed by atoms with Crippen molar-refractivity contribution < 1.29 is 9.90 Å². The molecule has 0 amide bonds. The van der Waals surface area contributed by atoms with E-state index in [1.165, 1.54) is 12.3 Å². The van der Waals surface area contributed by atoms with Crippen LogP contribution in [0.5, 0.6) is 0 Å². The Hall–Kier alpha value is -1.69. The van der Waals surface area contributed by atoms with Crippen LogP contribution in [0.2, 0.25) is 0 Å². The van der Waals surface area contributed by atoms with Gasteiger partial charge in [-0.15, -0.1) is 0 Å². The van der Waals surface area contributed by atoms with Crippen LogP contribution in [0.25, 0.3) is 11.2 Å². The van der Waals surface area contributed by atoms with Crippen LogP contribution >= 0.6 is 12.2 Å². The molecule has 1 aliphatic carbocycles. The average Bonchev–Trinajstić information content (AvgIpc) is 3.00. The molecular formula is C10H9N3O2S. The second-order valence-corrected chi connectivity index (χ2v) is 4.28. The molecule has 0 atom stereocenters. The predicted octanol–water partition coefficient (Wildman–Crippen LogP) is 2.13. The van der Waals surface area contributed by atoms with Crippen molar-refractivity contribution in [3.63, 3.8) is 0 Å². The fourth-order valence-electron chi connectivity index (χ4n) is 1.87. The summed E-state index contributed by atoms with van der Waals surface area (Å²) in [6.07, 6.45) is 3.67. The lowest BCUT2D eigenvalue weighted by Crippen LogP contribution is -1.99. The maximum atomic E-state index is 11.0. The minimum Gasteiger partial charge on any atom is -0.478 e. The second kappa shape index (κ2) is 3.15. The molecule has 2 heterocycles. The largest absolute Gasteiger partial charge is 0.478 e. The van der Waals surface area contributed by atoms with Crippen LogP contribution in [0.1, 0.15) is 29.2 Å². The number of hydrogen-bond acceptors (Lipinski definition) is 3. The average molecular weight is 235 g/mol. The Bertz CT molecular complexity index is 639. The van der Waals surface area contributed by atoms with Gasteiger partial charge in [0, 0.05) is 12.2 Å². The normalized spacial score (nSPS) is 15.5. The molecule has 0 unspecified atom stereocenters. The number of H-pyrrole nitrogens is 1. The number of rotatable bonds is 2.